The maximum absolute atomic E-state index is 3.73. The van der Waals surface area contributed by atoms with Crippen LogP contribution in [0.3, 0.4) is 0 Å². The van der Waals surface area contributed by atoms with Gasteiger partial charge in [-0.3, -0.25) is 0 Å². The second-order valence-corrected chi connectivity index (χ2v) is 3.66. The smallest absolute Gasteiger partial charge is 0.0159 e. The van der Waals surface area contributed by atoms with Crippen LogP contribution in [0.15, 0.2) is 12.7 Å². The number of hydrogen-bond donors (Lipinski definition) is 1. The summed E-state index contributed by atoms with van der Waals surface area (Å²) in [7, 11) is 0. The second kappa shape index (κ2) is 5.36. The number of rotatable bonds is 6. The fourth-order valence-electron chi connectivity index (χ4n) is 1.04. The van der Waals surface area contributed by atoms with Gasteiger partial charge in [0.15, 0.2) is 0 Å². The lowest BCUT2D eigenvalue weighted by atomic mass is 10.0. The topological polar surface area (TPSA) is 12.0 Å². The van der Waals surface area contributed by atoms with E-state index in [1.807, 2.05) is 6.08 Å². The third kappa shape index (κ3) is 6.11. The Morgan fingerprint density at radius 3 is 2.55 bits per heavy atom. The maximum atomic E-state index is 3.73. The summed E-state index contributed by atoms with van der Waals surface area (Å²) in [4.78, 5) is 0. The van der Waals surface area contributed by atoms with E-state index in [0.717, 1.165) is 13.0 Å². The van der Waals surface area contributed by atoms with Gasteiger partial charge in [-0.1, -0.05) is 19.4 Å². The van der Waals surface area contributed by atoms with Crippen molar-refractivity contribution < 1.29 is 0 Å². The van der Waals surface area contributed by atoms with E-state index >= 15 is 0 Å². The Morgan fingerprint density at radius 1 is 1.45 bits per heavy atom. The minimum Gasteiger partial charge on any atom is -0.311 e. The van der Waals surface area contributed by atoms with Crippen molar-refractivity contribution in [3.63, 3.8) is 0 Å². The van der Waals surface area contributed by atoms with E-state index in [1.54, 1.807) is 0 Å². The van der Waals surface area contributed by atoms with E-state index in [-0.39, 0.29) is 5.54 Å². The van der Waals surface area contributed by atoms with Crippen LogP contribution in [0.1, 0.15) is 40.0 Å². The molecular formula is C10H21N. The van der Waals surface area contributed by atoms with E-state index in [9.17, 15) is 0 Å². The molecule has 0 aliphatic rings. The van der Waals surface area contributed by atoms with Gasteiger partial charge in [0.05, 0.1) is 0 Å². The average molecular weight is 155 g/mol. The molecule has 0 aromatic heterocycles. The van der Waals surface area contributed by atoms with Crippen LogP contribution >= 0.6 is 0 Å². The van der Waals surface area contributed by atoms with Crippen molar-refractivity contribution in [2.75, 3.05) is 6.54 Å². The molecule has 1 heteroatoms. The highest BCUT2D eigenvalue weighted by Crippen LogP contribution is 2.07. The van der Waals surface area contributed by atoms with Crippen LogP contribution in [0, 0.1) is 0 Å². The van der Waals surface area contributed by atoms with Crippen molar-refractivity contribution in [1.82, 2.24) is 5.32 Å². The molecule has 66 valence electrons. The Hall–Kier alpha value is -0.300. The molecule has 0 spiro atoms. The molecule has 0 aromatic carbocycles. The standard InChI is InChI=1S/C10H21N/c1-5-7-9-11-10(3,4)8-6-2/h6,11H,2,5,7-9H2,1,3-4H3. The summed E-state index contributed by atoms with van der Waals surface area (Å²) in [6, 6.07) is 0. The van der Waals surface area contributed by atoms with Crippen molar-refractivity contribution in [1.29, 1.82) is 0 Å². The molecule has 11 heavy (non-hydrogen) atoms. The molecule has 1 nitrogen and oxygen atoms in total. The van der Waals surface area contributed by atoms with E-state index in [0.29, 0.717) is 0 Å². The average Bonchev–Trinajstić information content (AvgIpc) is 1.87. The minimum atomic E-state index is 0.233. The van der Waals surface area contributed by atoms with Gasteiger partial charge in [-0.15, -0.1) is 6.58 Å². The van der Waals surface area contributed by atoms with E-state index in [4.69, 9.17) is 0 Å². The van der Waals surface area contributed by atoms with Crippen LogP contribution in [0.25, 0.3) is 0 Å². The van der Waals surface area contributed by atoms with Crippen LogP contribution in [-0.4, -0.2) is 12.1 Å². The Kier molecular flexibility index (Phi) is 5.22. The molecular weight excluding hydrogens is 134 g/mol. The fourth-order valence-corrected chi connectivity index (χ4v) is 1.04. The van der Waals surface area contributed by atoms with Crippen LogP contribution < -0.4 is 5.32 Å². The van der Waals surface area contributed by atoms with Gasteiger partial charge in [0.1, 0.15) is 0 Å². The second-order valence-electron chi connectivity index (χ2n) is 3.66. The molecule has 0 unspecified atom stereocenters. The number of hydrogen-bond acceptors (Lipinski definition) is 1. The monoisotopic (exact) mass is 155 g/mol. The fraction of sp³-hybridized carbons (Fsp3) is 0.800. The molecule has 1 N–H and O–H groups in total. The van der Waals surface area contributed by atoms with Crippen molar-refractivity contribution >= 4 is 0 Å². The maximum Gasteiger partial charge on any atom is 0.0159 e. The highest BCUT2D eigenvalue weighted by molar-refractivity contribution is 4.85. The van der Waals surface area contributed by atoms with Gasteiger partial charge < -0.3 is 5.32 Å². The summed E-state index contributed by atoms with van der Waals surface area (Å²) in [5.74, 6) is 0. The Labute approximate surface area is 70.9 Å². The van der Waals surface area contributed by atoms with Gasteiger partial charge in [0.2, 0.25) is 0 Å². The van der Waals surface area contributed by atoms with Crippen LogP contribution in [0.2, 0.25) is 0 Å². The van der Waals surface area contributed by atoms with E-state index < -0.39 is 0 Å². The van der Waals surface area contributed by atoms with Crippen molar-refractivity contribution in [3.05, 3.63) is 12.7 Å². The summed E-state index contributed by atoms with van der Waals surface area (Å²) in [6.07, 6.45) is 5.54. The summed E-state index contributed by atoms with van der Waals surface area (Å²) in [5, 5.41) is 3.49. The molecule has 0 fully saturated rings. The highest BCUT2D eigenvalue weighted by atomic mass is 14.9. The van der Waals surface area contributed by atoms with Gasteiger partial charge in [-0.2, -0.15) is 0 Å². The predicted octanol–water partition coefficient (Wildman–Crippen LogP) is 2.73. The zero-order chi connectivity index (χ0) is 8.74. The van der Waals surface area contributed by atoms with Gasteiger partial charge in [-0.25, -0.2) is 0 Å². The van der Waals surface area contributed by atoms with Crippen molar-refractivity contribution in [3.8, 4) is 0 Å². The Balaban J connectivity index is 3.45. The largest absolute Gasteiger partial charge is 0.311 e. The van der Waals surface area contributed by atoms with Crippen LogP contribution in [0.4, 0.5) is 0 Å². The lowest BCUT2D eigenvalue weighted by Crippen LogP contribution is -2.39. The first kappa shape index (κ1) is 10.7. The first-order chi connectivity index (χ1) is 5.12. The summed E-state index contributed by atoms with van der Waals surface area (Å²) >= 11 is 0. The summed E-state index contributed by atoms with van der Waals surface area (Å²) in [5.41, 5.74) is 0.233. The molecule has 0 atom stereocenters. The Bertz CT molecular complexity index is 105. The molecule has 0 rings (SSSR count). The molecule has 0 aromatic rings. The summed E-state index contributed by atoms with van der Waals surface area (Å²) < 4.78 is 0. The molecule has 0 saturated carbocycles. The van der Waals surface area contributed by atoms with Crippen molar-refractivity contribution in [2.24, 2.45) is 0 Å². The molecule has 0 amide bonds. The minimum absolute atomic E-state index is 0.233. The molecule has 0 saturated heterocycles. The quantitative estimate of drug-likeness (QED) is 0.459. The third-order valence-corrected chi connectivity index (χ3v) is 1.79. The molecule has 0 aliphatic carbocycles. The molecule has 0 aliphatic heterocycles. The lowest BCUT2D eigenvalue weighted by Gasteiger charge is -2.24. The summed E-state index contributed by atoms with van der Waals surface area (Å²) in [6.45, 7) is 11.5. The first-order valence-corrected chi connectivity index (χ1v) is 4.48. The predicted molar refractivity (Wildman–Crippen MR) is 51.8 cm³/mol. The van der Waals surface area contributed by atoms with Crippen LogP contribution in [0.5, 0.6) is 0 Å². The van der Waals surface area contributed by atoms with Gasteiger partial charge in [0.25, 0.3) is 0 Å². The van der Waals surface area contributed by atoms with Gasteiger partial charge in [-0.05, 0) is 33.2 Å². The van der Waals surface area contributed by atoms with Crippen molar-refractivity contribution in [2.45, 2.75) is 45.6 Å². The molecule has 0 bridgehead atoms. The zero-order valence-corrected chi connectivity index (χ0v) is 8.11. The molecule has 0 radical (unpaired) electrons. The normalized spacial score (nSPS) is 11.5. The van der Waals surface area contributed by atoms with E-state index in [2.05, 4.69) is 32.7 Å². The van der Waals surface area contributed by atoms with Crippen LogP contribution in [-0.2, 0) is 0 Å². The Morgan fingerprint density at radius 2 is 2.09 bits per heavy atom. The SMILES string of the molecule is C=CCC(C)(C)NCCCC. The third-order valence-electron chi connectivity index (χ3n) is 1.79. The number of nitrogens with one attached hydrogen (secondary N) is 1. The highest BCUT2D eigenvalue weighted by Gasteiger charge is 2.12. The van der Waals surface area contributed by atoms with Gasteiger partial charge in [0, 0.05) is 5.54 Å². The molecule has 0 heterocycles. The first-order valence-electron chi connectivity index (χ1n) is 4.48. The van der Waals surface area contributed by atoms with E-state index in [1.165, 1.54) is 12.8 Å². The number of unbranched alkanes of at least 4 members (excludes halogenated alkanes) is 1. The lowest BCUT2D eigenvalue weighted by molar-refractivity contribution is 0.389. The zero-order valence-electron chi connectivity index (χ0n) is 8.11. The van der Waals surface area contributed by atoms with Gasteiger partial charge >= 0.3 is 0 Å².